The lowest BCUT2D eigenvalue weighted by atomic mass is 9.93. The predicted octanol–water partition coefficient (Wildman–Crippen LogP) is 5.11. The Hall–Kier alpha value is -3.79. The van der Waals surface area contributed by atoms with Gasteiger partial charge in [0.05, 0.1) is 40.4 Å². The number of nitrogens with zero attached hydrogens (tertiary/aromatic N) is 7. The van der Waals surface area contributed by atoms with E-state index in [-0.39, 0.29) is 5.69 Å². The van der Waals surface area contributed by atoms with Gasteiger partial charge in [-0.25, -0.2) is 13.4 Å². The van der Waals surface area contributed by atoms with Crippen molar-refractivity contribution in [1.82, 2.24) is 29.7 Å². The molecule has 3 saturated heterocycles. The van der Waals surface area contributed by atoms with Crippen molar-refractivity contribution in [2.75, 3.05) is 66.8 Å². The van der Waals surface area contributed by atoms with Gasteiger partial charge >= 0.3 is 0 Å². The highest BCUT2D eigenvalue weighted by Crippen LogP contribution is 2.45. The first-order chi connectivity index (χ1) is 23.1. The average molecular weight is 738 g/mol. The number of aromatic nitrogens is 4. The van der Waals surface area contributed by atoms with Gasteiger partial charge in [0.25, 0.3) is 0 Å². The molecule has 15 heteroatoms. The smallest absolute Gasteiger partial charge is 0.229 e. The number of piperazine rings is 1. The van der Waals surface area contributed by atoms with Crippen LogP contribution in [0.25, 0.3) is 11.0 Å². The van der Waals surface area contributed by atoms with Gasteiger partial charge < -0.3 is 25.2 Å². The van der Waals surface area contributed by atoms with Gasteiger partial charge in [0, 0.05) is 74.6 Å². The summed E-state index contributed by atoms with van der Waals surface area (Å²) < 4.78 is 33.6. The highest BCUT2D eigenvalue weighted by atomic mass is 79.9. The molecule has 4 aromatic rings. The fraction of sp³-hybridized carbons (Fsp3) is 0.455. The molecule has 48 heavy (non-hydrogen) atoms. The maximum absolute atomic E-state index is 12.3. The summed E-state index contributed by atoms with van der Waals surface area (Å²) in [5, 5.41) is 6.59. The van der Waals surface area contributed by atoms with E-state index < -0.39 is 10.0 Å². The van der Waals surface area contributed by atoms with E-state index in [1.807, 2.05) is 0 Å². The number of piperidine rings is 1. The summed E-state index contributed by atoms with van der Waals surface area (Å²) in [6.45, 7) is 6.79. The van der Waals surface area contributed by atoms with E-state index in [1.54, 1.807) is 31.6 Å². The number of hydrogen-bond acceptors (Lipinski definition) is 12. The first kappa shape index (κ1) is 32.7. The lowest BCUT2D eigenvalue weighted by Gasteiger charge is -2.46. The van der Waals surface area contributed by atoms with Crippen molar-refractivity contribution >= 4 is 71.5 Å². The van der Waals surface area contributed by atoms with Gasteiger partial charge in [-0.2, -0.15) is 4.98 Å². The second-order valence-corrected chi connectivity index (χ2v) is 15.6. The third kappa shape index (κ3) is 6.73. The van der Waals surface area contributed by atoms with E-state index in [1.165, 1.54) is 50.7 Å². The number of hydrogen-bond donors (Lipinski definition) is 3. The lowest BCUT2D eigenvalue weighted by molar-refractivity contribution is 0.0895. The zero-order valence-corrected chi connectivity index (χ0v) is 30.0. The van der Waals surface area contributed by atoms with E-state index in [0.717, 1.165) is 30.6 Å². The number of halogens is 1. The Morgan fingerprint density at radius 3 is 2.38 bits per heavy atom. The second-order valence-electron chi connectivity index (χ2n) is 13.0. The summed E-state index contributed by atoms with van der Waals surface area (Å²) in [6.07, 6.45) is 10.7. The molecule has 0 aliphatic carbocycles. The van der Waals surface area contributed by atoms with Crippen LogP contribution in [0.5, 0.6) is 5.75 Å². The molecule has 5 heterocycles. The molecule has 3 aliphatic heterocycles. The van der Waals surface area contributed by atoms with Crippen LogP contribution in [0.15, 0.2) is 47.3 Å². The van der Waals surface area contributed by atoms with Crippen LogP contribution in [0.4, 0.5) is 34.5 Å². The van der Waals surface area contributed by atoms with Crippen LogP contribution in [-0.2, 0) is 10.0 Å². The largest absolute Gasteiger partial charge is 0.494 e. The molecular formula is C33H41BrN10O3S. The first-order valence-electron chi connectivity index (χ1n) is 16.2. The number of aryl methyl sites for hydroxylation is 1. The maximum atomic E-state index is 12.3. The molecular weight excluding hydrogens is 696 g/mol. The SMILES string of the molecule is COc1cc(N2[C@@H]3CC[C@H]2C[C@@H](N2CCN(C)CC2)C3)c(C)cc1Nc1ncc(Br)c(Nc2ccc3nccnc3c2NS(C)(=O)=O)n1. The number of methoxy groups -OCH3 is 1. The molecule has 3 fully saturated rings. The van der Waals surface area contributed by atoms with Gasteiger partial charge in [-0.15, -0.1) is 0 Å². The summed E-state index contributed by atoms with van der Waals surface area (Å²) in [7, 11) is 0.286. The van der Waals surface area contributed by atoms with Crippen molar-refractivity contribution in [2.45, 2.75) is 50.7 Å². The van der Waals surface area contributed by atoms with Gasteiger partial charge in [0.15, 0.2) is 0 Å². The number of sulfonamides is 1. The highest BCUT2D eigenvalue weighted by molar-refractivity contribution is 9.10. The normalized spacial score (nSPS) is 21.8. The van der Waals surface area contributed by atoms with Crippen LogP contribution < -0.4 is 25.0 Å². The minimum absolute atomic E-state index is 0.275. The molecule has 2 bridgehead atoms. The Bertz CT molecular complexity index is 1920. The summed E-state index contributed by atoms with van der Waals surface area (Å²) in [5.41, 5.74) is 4.85. The van der Waals surface area contributed by atoms with Crippen molar-refractivity contribution < 1.29 is 13.2 Å². The second kappa shape index (κ2) is 13.3. The minimum atomic E-state index is -3.61. The molecule has 254 valence electrons. The average Bonchev–Trinajstić information content (AvgIpc) is 3.31. The predicted molar refractivity (Wildman–Crippen MR) is 193 cm³/mol. The Kier molecular flexibility index (Phi) is 9.04. The molecule has 3 atom stereocenters. The summed E-state index contributed by atoms with van der Waals surface area (Å²) in [6, 6.07) is 9.48. The minimum Gasteiger partial charge on any atom is -0.494 e. The maximum Gasteiger partial charge on any atom is 0.229 e. The Balaban J connectivity index is 1.12. The van der Waals surface area contributed by atoms with E-state index in [0.29, 0.717) is 56.8 Å². The topological polar surface area (TPSA) is 141 Å². The van der Waals surface area contributed by atoms with Crippen molar-refractivity contribution in [3.63, 3.8) is 0 Å². The molecule has 0 radical (unpaired) electrons. The van der Waals surface area contributed by atoms with Crippen molar-refractivity contribution in [1.29, 1.82) is 0 Å². The molecule has 2 aromatic heterocycles. The lowest BCUT2D eigenvalue weighted by Crippen LogP contribution is -2.55. The van der Waals surface area contributed by atoms with E-state index >= 15 is 0 Å². The van der Waals surface area contributed by atoms with Gasteiger partial charge in [-0.1, -0.05) is 0 Å². The Morgan fingerprint density at radius 1 is 0.938 bits per heavy atom. The zero-order valence-electron chi connectivity index (χ0n) is 27.6. The summed E-state index contributed by atoms with van der Waals surface area (Å²) in [5.74, 6) is 1.49. The van der Waals surface area contributed by atoms with Crippen LogP contribution >= 0.6 is 15.9 Å². The number of nitrogens with one attached hydrogen (secondary N) is 3. The van der Waals surface area contributed by atoms with E-state index in [4.69, 9.17) is 9.72 Å². The number of fused-ring (bicyclic) bond motifs is 3. The van der Waals surface area contributed by atoms with Crippen LogP contribution in [0, 0.1) is 6.92 Å². The van der Waals surface area contributed by atoms with Crippen molar-refractivity contribution in [3.8, 4) is 5.75 Å². The van der Waals surface area contributed by atoms with Crippen LogP contribution in [-0.4, -0.2) is 103 Å². The standard InChI is InChI=1S/C33H41BrN10O3S/c1-20-15-27(29(47-3)18-28(20)44-21-5-6-22(44)17-23(16-21)43-13-11-42(2)12-14-43)39-33-37-19-24(34)32(40-33)38-26-8-7-25-30(36-10-9-35-25)31(26)41-48(4,45)46/h7-10,15,18-19,21-23,41H,5-6,11-14,16-17H2,1-4H3,(H2,37,38,39,40)/t21-,22+,23+. The third-order valence-corrected chi connectivity index (χ3v) is 10.9. The molecule has 13 nitrogen and oxygen atoms in total. The Morgan fingerprint density at radius 2 is 1.67 bits per heavy atom. The number of benzene rings is 2. The highest BCUT2D eigenvalue weighted by Gasteiger charge is 2.43. The quantitative estimate of drug-likeness (QED) is 0.211. The fourth-order valence-corrected chi connectivity index (χ4v) is 8.31. The van der Waals surface area contributed by atoms with Gasteiger partial charge in [0.2, 0.25) is 16.0 Å². The molecule has 3 aliphatic rings. The number of rotatable bonds is 9. The van der Waals surface area contributed by atoms with E-state index in [9.17, 15) is 8.42 Å². The van der Waals surface area contributed by atoms with Gasteiger partial charge in [-0.3, -0.25) is 19.6 Å². The van der Waals surface area contributed by atoms with Gasteiger partial charge in [-0.05, 0) is 79.3 Å². The number of ether oxygens (including phenoxy) is 1. The summed E-state index contributed by atoms with van der Waals surface area (Å²) >= 11 is 3.53. The third-order valence-electron chi connectivity index (χ3n) is 9.73. The van der Waals surface area contributed by atoms with Crippen molar-refractivity contribution in [3.05, 3.63) is 52.9 Å². The van der Waals surface area contributed by atoms with Crippen LogP contribution in [0.2, 0.25) is 0 Å². The number of likely N-dealkylation sites (N-methyl/N-ethyl adjacent to an activating group) is 1. The summed E-state index contributed by atoms with van der Waals surface area (Å²) in [4.78, 5) is 25.7. The Labute approximate surface area is 289 Å². The molecule has 3 N–H and O–H groups in total. The van der Waals surface area contributed by atoms with Crippen LogP contribution in [0.3, 0.4) is 0 Å². The first-order valence-corrected chi connectivity index (χ1v) is 18.9. The molecule has 0 amide bonds. The van der Waals surface area contributed by atoms with E-state index in [2.05, 4.69) is 87.0 Å². The molecule has 0 saturated carbocycles. The van der Waals surface area contributed by atoms with Gasteiger partial charge in [0.1, 0.15) is 17.1 Å². The van der Waals surface area contributed by atoms with Crippen molar-refractivity contribution in [2.24, 2.45) is 0 Å². The molecule has 0 unspecified atom stereocenters. The monoisotopic (exact) mass is 736 g/mol. The zero-order chi connectivity index (χ0) is 33.6. The molecule has 2 aromatic carbocycles. The molecule has 7 rings (SSSR count). The fourth-order valence-electron chi connectivity index (χ4n) is 7.44. The number of anilines is 6. The molecule has 0 spiro atoms. The van der Waals surface area contributed by atoms with Crippen LogP contribution in [0.1, 0.15) is 31.2 Å².